The maximum absolute atomic E-state index is 8.12. The summed E-state index contributed by atoms with van der Waals surface area (Å²) in [7, 11) is -15.0. The first-order valence-electron chi connectivity index (χ1n) is 20.3. The van der Waals surface area contributed by atoms with Crippen LogP contribution in [0.3, 0.4) is 0 Å². The highest BCUT2D eigenvalue weighted by Gasteiger charge is 2.86. The summed E-state index contributed by atoms with van der Waals surface area (Å²) < 4.78 is 25.7. The van der Waals surface area contributed by atoms with Crippen molar-refractivity contribution in [3.8, 4) is 0 Å². The van der Waals surface area contributed by atoms with Crippen LogP contribution in [0, 0.1) is 0 Å². The van der Waals surface area contributed by atoms with E-state index in [1.165, 1.54) is 25.7 Å². The molecule has 50 heavy (non-hydrogen) atoms. The van der Waals surface area contributed by atoms with Crippen molar-refractivity contribution >= 4 is 96.9 Å². The van der Waals surface area contributed by atoms with Crippen molar-refractivity contribution < 1.29 is 13.3 Å². The first-order chi connectivity index (χ1) is 21.7. The third-order valence-electron chi connectivity index (χ3n) is 16.6. The molecule has 2 rings (SSSR count). The highest BCUT2D eigenvalue weighted by molar-refractivity contribution is 7.72. The molecule has 15 heteroatoms. The third-order valence-corrected chi connectivity index (χ3v) is 137. The molecule has 0 aromatic carbocycles. The molecule has 2 saturated heterocycles. The molecule has 0 aromatic rings. The summed E-state index contributed by atoms with van der Waals surface area (Å²) in [5.74, 6) is 0. The summed E-state index contributed by atoms with van der Waals surface area (Å²) in [6.45, 7) is 67.6. The van der Waals surface area contributed by atoms with Gasteiger partial charge >= 0.3 is 0 Å². The summed E-state index contributed by atoms with van der Waals surface area (Å²) in [6, 6.07) is 0. The quantitative estimate of drug-likeness (QED) is 0.163. The van der Waals surface area contributed by atoms with Crippen molar-refractivity contribution in [3.63, 3.8) is 0 Å². The molecule has 0 spiro atoms. The van der Waals surface area contributed by atoms with Crippen LogP contribution in [-0.2, 0) is 13.3 Å². The van der Waals surface area contributed by atoms with E-state index in [-0.39, 0.29) is 0 Å². The highest BCUT2D eigenvalue weighted by Crippen LogP contribution is 2.77. The second-order valence-corrected chi connectivity index (χ2v) is 101. The third kappa shape index (κ3) is 6.35. The van der Waals surface area contributed by atoms with Crippen LogP contribution >= 0.6 is 0 Å². The van der Waals surface area contributed by atoms with E-state index in [0.29, 0.717) is 17.1 Å². The van der Waals surface area contributed by atoms with Gasteiger partial charge in [0, 0.05) is 85.9 Å². The molecule has 2 fully saturated rings. The minimum atomic E-state index is -2.73. The summed E-state index contributed by atoms with van der Waals surface area (Å²) >= 11 is 0. The Hall–Kier alpha value is 2.48. The lowest BCUT2D eigenvalue weighted by Crippen LogP contribution is -2.87. The Morgan fingerprint density at radius 2 is 0.640 bits per heavy atom. The maximum Gasteiger partial charge on any atom is 0.285 e. The van der Waals surface area contributed by atoms with Crippen LogP contribution in [0.25, 0.3) is 0 Å². The molecule has 0 saturated carbocycles. The van der Waals surface area contributed by atoms with Crippen LogP contribution in [0.4, 0.5) is 0 Å². The molecule has 0 amide bonds. The molecule has 0 unspecified atom stereocenters. The SMILES string of the molecule is CO[Si](OC)([SiH2][Si]1(OC)C([Si](C)(C)C)([Si](C)(C)C)CCC1([Si](C)(C)C)[Si](C)(C)C)[SiH]1C([Si](C)(C)C)([Si](C)(C)C)CCC1([Si](C)(C)C)[Si](C)(C)C. The molecule has 0 radical (unpaired) electrons. The van der Waals surface area contributed by atoms with E-state index in [9.17, 15) is 0 Å². The average Bonchev–Trinajstić information content (AvgIpc) is 3.41. The van der Waals surface area contributed by atoms with E-state index in [2.05, 4.69) is 178 Å². The molecule has 3 nitrogen and oxygen atoms in total. The van der Waals surface area contributed by atoms with Gasteiger partial charge in [-0.3, -0.25) is 0 Å². The fourth-order valence-electron chi connectivity index (χ4n) is 16.3. The molecular formula is C35H92O3Si12. The lowest BCUT2D eigenvalue weighted by molar-refractivity contribution is 0.283. The Morgan fingerprint density at radius 3 is 0.800 bits per heavy atom. The molecular weight excluding hydrogens is 805 g/mol. The van der Waals surface area contributed by atoms with E-state index in [1.54, 1.807) is 0 Å². The summed E-state index contributed by atoms with van der Waals surface area (Å²) in [4.78, 5) is 0. The van der Waals surface area contributed by atoms with Crippen LogP contribution in [0.1, 0.15) is 25.7 Å². The zero-order chi connectivity index (χ0) is 40.2. The Morgan fingerprint density at radius 1 is 0.400 bits per heavy atom. The summed E-state index contributed by atoms with van der Waals surface area (Å²) in [6.07, 6.45) is 5.87. The summed E-state index contributed by atoms with van der Waals surface area (Å²) in [5, 5.41) is 0. The van der Waals surface area contributed by atoms with Gasteiger partial charge in [-0.1, -0.05) is 183 Å². The Balaban J connectivity index is 3.57. The first kappa shape index (κ1) is 48.6. The smallest absolute Gasteiger partial charge is 0.285 e. The van der Waals surface area contributed by atoms with Gasteiger partial charge in [0.2, 0.25) is 0 Å². The monoisotopic (exact) mass is 896 g/mol. The lowest BCUT2D eigenvalue weighted by Gasteiger charge is -2.69. The van der Waals surface area contributed by atoms with Crippen LogP contribution in [-0.4, -0.2) is 118 Å². The van der Waals surface area contributed by atoms with Crippen LogP contribution < -0.4 is 0 Å². The normalized spacial score (nSPS) is 24.1. The molecule has 0 aliphatic carbocycles. The zero-order valence-electron chi connectivity index (χ0n) is 39.3. The summed E-state index contributed by atoms with van der Waals surface area (Å²) in [5.41, 5.74) is 0. The largest absolute Gasteiger partial charge is 0.423 e. The molecule has 0 bridgehead atoms. The lowest BCUT2D eigenvalue weighted by atomic mass is 10.4. The Labute approximate surface area is 329 Å². The minimum Gasteiger partial charge on any atom is -0.423 e. The van der Waals surface area contributed by atoms with Crippen molar-refractivity contribution in [2.45, 2.75) is 200 Å². The molecule has 2 aliphatic rings. The predicted octanol–water partition coefficient (Wildman–Crippen LogP) is 11.3. The van der Waals surface area contributed by atoms with Gasteiger partial charge in [0.05, 0.1) is 8.31 Å². The van der Waals surface area contributed by atoms with Gasteiger partial charge in [-0.05, 0) is 17.1 Å². The number of hydrogen-bond acceptors (Lipinski definition) is 3. The molecule has 2 aliphatic heterocycles. The highest BCUT2D eigenvalue weighted by atomic mass is 29.8. The van der Waals surface area contributed by atoms with Crippen LogP contribution in [0.5, 0.6) is 0 Å². The van der Waals surface area contributed by atoms with Crippen molar-refractivity contribution in [1.29, 1.82) is 0 Å². The molecule has 0 aromatic heterocycles. The Kier molecular flexibility index (Phi) is 13.4. The molecule has 2 heterocycles. The minimum absolute atomic E-state index is 0.429. The van der Waals surface area contributed by atoms with Gasteiger partial charge in [0.15, 0.2) is 7.83 Å². The number of rotatable bonds is 14. The van der Waals surface area contributed by atoms with Crippen molar-refractivity contribution in [3.05, 3.63) is 0 Å². The fourth-order valence-corrected chi connectivity index (χ4v) is 221. The second kappa shape index (κ2) is 13.8. The van der Waals surface area contributed by atoms with Crippen molar-refractivity contribution in [1.82, 2.24) is 0 Å². The van der Waals surface area contributed by atoms with Crippen molar-refractivity contribution in [2.75, 3.05) is 21.3 Å². The van der Waals surface area contributed by atoms with Gasteiger partial charge in [-0.2, -0.15) is 0 Å². The molecule has 0 atom stereocenters. The fraction of sp³-hybridized carbons (Fsp3) is 1.00. The van der Waals surface area contributed by atoms with E-state index >= 15 is 0 Å². The molecule has 298 valence electrons. The van der Waals surface area contributed by atoms with Crippen LogP contribution in [0.15, 0.2) is 0 Å². The van der Waals surface area contributed by atoms with Gasteiger partial charge in [-0.25, -0.2) is 0 Å². The zero-order valence-corrected chi connectivity index (χ0v) is 51.9. The van der Waals surface area contributed by atoms with Gasteiger partial charge in [0.25, 0.3) is 7.60 Å². The predicted molar refractivity (Wildman–Crippen MR) is 264 cm³/mol. The van der Waals surface area contributed by atoms with Gasteiger partial charge in [-0.15, -0.1) is 0 Å². The van der Waals surface area contributed by atoms with Gasteiger partial charge in [0.1, 0.15) is 8.55 Å². The van der Waals surface area contributed by atoms with Crippen molar-refractivity contribution in [2.24, 2.45) is 0 Å². The second-order valence-electron chi connectivity index (χ2n) is 25.6. The van der Waals surface area contributed by atoms with Gasteiger partial charge < -0.3 is 13.3 Å². The number of hydrogen-bond donors (Lipinski definition) is 0. The van der Waals surface area contributed by atoms with E-state index in [0.717, 1.165) is 0 Å². The van der Waals surface area contributed by atoms with Crippen LogP contribution in [0.2, 0.25) is 174 Å². The maximum atomic E-state index is 8.12. The standard InChI is InChI=1S/C35H92O3Si12/c1-36-49(34(45(16,17)18,46(19,20)21)30-31-35(49,47(22,23)24)48(25,26)27)39-50(37-2,38-3)40-32(41(4,5)6,42(7,8)9)28-29-33(40,43(10,11)12)44(13,14)15/h40H,28-31,39H2,1-27H3. The van der Waals surface area contributed by atoms with E-state index in [1.807, 2.05) is 0 Å². The van der Waals surface area contributed by atoms with E-state index in [4.69, 9.17) is 13.3 Å². The topological polar surface area (TPSA) is 27.7 Å². The van der Waals surface area contributed by atoms with E-state index < -0.39 is 96.9 Å². The first-order valence-corrected chi connectivity index (χ1v) is 59.7. The Bertz CT molecular complexity index is 1080. The average molecular weight is 898 g/mol. The molecule has 0 N–H and O–H groups in total.